The van der Waals surface area contributed by atoms with Gasteiger partial charge in [0.2, 0.25) is 5.91 Å². The zero-order valence-electron chi connectivity index (χ0n) is 8.89. The standard InChI is InChI=1S/C8H11N5O4/c14-7(3-12-5-9-10-11-12)13-1-2-17-4-6(13)8(15)16/h5-6H,1-4H2,(H,15,16)/t6-/m0/s1. The zero-order chi connectivity index (χ0) is 12.3. The molecule has 92 valence electrons. The predicted molar refractivity (Wildman–Crippen MR) is 51.8 cm³/mol. The smallest absolute Gasteiger partial charge is 0.328 e. The monoisotopic (exact) mass is 241 g/mol. The number of morpholine rings is 1. The van der Waals surface area contributed by atoms with Crippen molar-refractivity contribution >= 4 is 11.9 Å². The van der Waals surface area contributed by atoms with Crippen molar-refractivity contribution in [3.63, 3.8) is 0 Å². The van der Waals surface area contributed by atoms with Crippen molar-refractivity contribution in [3.05, 3.63) is 6.33 Å². The van der Waals surface area contributed by atoms with Crippen LogP contribution >= 0.6 is 0 Å². The lowest BCUT2D eigenvalue weighted by Crippen LogP contribution is -2.53. The Balaban J connectivity index is 2.03. The van der Waals surface area contributed by atoms with Crippen LogP contribution in [0.3, 0.4) is 0 Å². The molecule has 9 nitrogen and oxygen atoms in total. The van der Waals surface area contributed by atoms with Gasteiger partial charge in [-0.1, -0.05) is 0 Å². The summed E-state index contributed by atoms with van der Waals surface area (Å²) in [6.45, 7) is 0.538. The quantitative estimate of drug-likeness (QED) is 0.650. The molecule has 1 atom stereocenters. The summed E-state index contributed by atoms with van der Waals surface area (Å²) in [7, 11) is 0. The van der Waals surface area contributed by atoms with Gasteiger partial charge < -0.3 is 14.7 Å². The number of aliphatic carboxylic acids is 1. The highest BCUT2D eigenvalue weighted by Gasteiger charge is 2.32. The number of amides is 1. The fraction of sp³-hybridized carbons (Fsp3) is 0.625. The van der Waals surface area contributed by atoms with E-state index in [4.69, 9.17) is 9.84 Å². The Morgan fingerprint density at radius 2 is 2.35 bits per heavy atom. The van der Waals surface area contributed by atoms with Crippen LogP contribution in [0.1, 0.15) is 0 Å². The number of tetrazole rings is 1. The Morgan fingerprint density at radius 1 is 1.53 bits per heavy atom. The summed E-state index contributed by atoms with van der Waals surface area (Å²) in [4.78, 5) is 24.1. The third-order valence-electron chi connectivity index (χ3n) is 2.42. The normalized spacial score (nSPS) is 20.2. The SMILES string of the molecule is O=C(O)[C@@H]1COCCN1C(=O)Cn1cnnn1. The Bertz CT molecular complexity index is 406. The van der Waals surface area contributed by atoms with E-state index in [1.165, 1.54) is 15.9 Å². The van der Waals surface area contributed by atoms with Crippen molar-refractivity contribution in [1.82, 2.24) is 25.1 Å². The van der Waals surface area contributed by atoms with Crippen molar-refractivity contribution in [2.45, 2.75) is 12.6 Å². The molecule has 0 saturated carbocycles. The Kier molecular flexibility index (Phi) is 3.28. The number of hydrogen-bond donors (Lipinski definition) is 1. The largest absolute Gasteiger partial charge is 0.480 e. The minimum atomic E-state index is -1.07. The molecule has 1 saturated heterocycles. The van der Waals surface area contributed by atoms with E-state index in [2.05, 4.69) is 15.5 Å². The van der Waals surface area contributed by atoms with Gasteiger partial charge in [-0.25, -0.2) is 9.48 Å². The van der Waals surface area contributed by atoms with Crippen LogP contribution in [-0.2, 0) is 20.9 Å². The molecule has 9 heteroatoms. The average Bonchev–Trinajstić information content (AvgIpc) is 2.81. The van der Waals surface area contributed by atoms with E-state index in [0.717, 1.165) is 0 Å². The molecule has 1 aromatic rings. The van der Waals surface area contributed by atoms with E-state index in [9.17, 15) is 9.59 Å². The lowest BCUT2D eigenvalue weighted by Gasteiger charge is -2.32. The third kappa shape index (κ3) is 2.56. The number of ether oxygens (including phenoxy) is 1. The van der Waals surface area contributed by atoms with Crippen LogP contribution in [0.25, 0.3) is 0 Å². The summed E-state index contributed by atoms with van der Waals surface area (Å²) in [5.41, 5.74) is 0. The molecule has 1 aliphatic heterocycles. The molecule has 0 spiro atoms. The maximum absolute atomic E-state index is 11.9. The first-order chi connectivity index (χ1) is 8.18. The first kappa shape index (κ1) is 11.5. The minimum absolute atomic E-state index is 0.0106. The van der Waals surface area contributed by atoms with E-state index in [0.29, 0.717) is 6.61 Å². The Hall–Kier alpha value is -2.03. The molecular formula is C8H11N5O4. The number of rotatable bonds is 3. The van der Waals surface area contributed by atoms with Gasteiger partial charge in [0.15, 0.2) is 6.04 Å². The van der Waals surface area contributed by atoms with Crippen molar-refractivity contribution < 1.29 is 19.4 Å². The molecular weight excluding hydrogens is 230 g/mol. The molecule has 0 unspecified atom stereocenters. The van der Waals surface area contributed by atoms with Gasteiger partial charge in [-0.15, -0.1) is 5.10 Å². The number of carboxylic acids is 1. The molecule has 0 aliphatic carbocycles. The fourth-order valence-corrected chi connectivity index (χ4v) is 1.59. The molecule has 0 aromatic carbocycles. The fourth-order valence-electron chi connectivity index (χ4n) is 1.59. The van der Waals surface area contributed by atoms with Gasteiger partial charge in [0.1, 0.15) is 12.9 Å². The highest BCUT2D eigenvalue weighted by molar-refractivity contribution is 5.83. The maximum atomic E-state index is 11.9. The summed E-state index contributed by atoms with van der Waals surface area (Å²) in [5.74, 6) is -1.41. The first-order valence-electron chi connectivity index (χ1n) is 4.99. The van der Waals surface area contributed by atoms with Gasteiger partial charge in [-0.2, -0.15) is 0 Å². The summed E-state index contributed by atoms with van der Waals surface area (Å²) in [5, 5.41) is 19.3. The number of carbonyl (C=O) groups excluding carboxylic acids is 1. The van der Waals surface area contributed by atoms with Gasteiger partial charge >= 0.3 is 5.97 Å². The number of carboxylic acid groups (broad SMARTS) is 1. The number of nitrogens with zero attached hydrogens (tertiary/aromatic N) is 5. The maximum Gasteiger partial charge on any atom is 0.328 e. The first-order valence-corrected chi connectivity index (χ1v) is 4.99. The lowest BCUT2D eigenvalue weighted by atomic mass is 10.2. The molecule has 1 amide bonds. The second-order valence-electron chi connectivity index (χ2n) is 3.52. The molecule has 1 N–H and O–H groups in total. The Labute approximate surface area is 96.0 Å². The van der Waals surface area contributed by atoms with Crippen LogP contribution in [-0.4, -0.2) is 67.9 Å². The number of carbonyl (C=O) groups is 2. The van der Waals surface area contributed by atoms with Crippen LogP contribution in [0.2, 0.25) is 0 Å². The van der Waals surface area contributed by atoms with Crippen LogP contribution in [0.5, 0.6) is 0 Å². The lowest BCUT2D eigenvalue weighted by molar-refractivity contribution is -0.158. The molecule has 1 fully saturated rings. The molecule has 1 aromatic heterocycles. The second kappa shape index (κ2) is 4.87. The van der Waals surface area contributed by atoms with E-state index >= 15 is 0 Å². The summed E-state index contributed by atoms with van der Waals surface area (Å²) in [6, 6.07) is -0.937. The number of hydrogen-bond acceptors (Lipinski definition) is 6. The van der Waals surface area contributed by atoms with Crippen molar-refractivity contribution in [3.8, 4) is 0 Å². The van der Waals surface area contributed by atoms with E-state index in [-0.39, 0.29) is 25.6 Å². The van der Waals surface area contributed by atoms with Gasteiger partial charge in [-0.05, 0) is 10.4 Å². The average molecular weight is 241 g/mol. The Morgan fingerprint density at radius 3 is 3.00 bits per heavy atom. The summed E-state index contributed by atoms with van der Waals surface area (Å²) in [6.07, 6.45) is 1.30. The highest BCUT2D eigenvalue weighted by atomic mass is 16.5. The van der Waals surface area contributed by atoms with Gasteiger partial charge in [-0.3, -0.25) is 4.79 Å². The van der Waals surface area contributed by atoms with Crippen LogP contribution in [0.15, 0.2) is 6.33 Å². The molecule has 2 rings (SSSR count). The second-order valence-corrected chi connectivity index (χ2v) is 3.52. The van der Waals surface area contributed by atoms with Gasteiger partial charge in [0, 0.05) is 6.54 Å². The van der Waals surface area contributed by atoms with Gasteiger partial charge in [0.05, 0.1) is 13.2 Å². The topological polar surface area (TPSA) is 110 Å². The van der Waals surface area contributed by atoms with Crippen LogP contribution in [0, 0.1) is 0 Å². The van der Waals surface area contributed by atoms with Crippen molar-refractivity contribution in [1.29, 1.82) is 0 Å². The van der Waals surface area contributed by atoms with Crippen LogP contribution < -0.4 is 0 Å². The molecule has 0 radical (unpaired) electrons. The van der Waals surface area contributed by atoms with Crippen molar-refractivity contribution in [2.24, 2.45) is 0 Å². The molecule has 17 heavy (non-hydrogen) atoms. The van der Waals surface area contributed by atoms with Crippen LogP contribution in [0.4, 0.5) is 0 Å². The summed E-state index contributed by atoms with van der Waals surface area (Å²) < 4.78 is 6.28. The number of aromatic nitrogens is 4. The highest BCUT2D eigenvalue weighted by Crippen LogP contribution is 2.08. The third-order valence-corrected chi connectivity index (χ3v) is 2.42. The minimum Gasteiger partial charge on any atom is -0.480 e. The van der Waals surface area contributed by atoms with E-state index in [1.54, 1.807) is 0 Å². The molecule has 2 heterocycles. The zero-order valence-corrected chi connectivity index (χ0v) is 8.89. The van der Waals surface area contributed by atoms with E-state index in [1.807, 2.05) is 0 Å². The van der Waals surface area contributed by atoms with Crippen molar-refractivity contribution in [2.75, 3.05) is 19.8 Å². The molecule has 0 bridgehead atoms. The molecule has 1 aliphatic rings. The van der Waals surface area contributed by atoms with E-state index < -0.39 is 12.0 Å². The predicted octanol–water partition coefficient (Wildman–Crippen LogP) is -2.01. The summed E-state index contributed by atoms with van der Waals surface area (Å²) >= 11 is 0. The van der Waals surface area contributed by atoms with Gasteiger partial charge in [0.25, 0.3) is 0 Å².